The molecule has 1 N–H and O–H groups in total. The van der Waals surface area contributed by atoms with Crippen LogP contribution in [0.2, 0.25) is 0 Å². The number of aliphatic hydroxyl groups is 1. The second-order valence-corrected chi connectivity index (χ2v) is 13.3. The third kappa shape index (κ3) is 5.82. The molecule has 1 aromatic carbocycles. The van der Waals surface area contributed by atoms with Crippen LogP contribution in [0.4, 0.5) is 5.82 Å². The molecule has 0 atom stereocenters. The van der Waals surface area contributed by atoms with E-state index in [9.17, 15) is 9.90 Å². The lowest BCUT2D eigenvalue weighted by molar-refractivity contribution is -0.140. The van der Waals surface area contributed by atoms with Gasteiger partial charge in [-0.1, -0.05) is 31.4 Å². The van der Waals surface area contributed by atoms with E-state index in [0.29, 0.717) is 43.0 Å². The minimum Gasteiger partial charge on any atom is -0.496 e. The molecule has 2 aromatic heterocycles. The number of ether oxygens (including phenoxy) is 1. The van der Waals surface area contributed by atoms with Crippen LogP contribution in [0.5, 0.6) is 5.75 Å². The van der Waals surface area contributed by atoms with Gasteiger partial charge >= 0.3 is 0 Å². The van der Waals surface area contributed by atoms with Gasteiger partial charge in [-0.2, -0.15) is 0 Å². The summed E-state index contributed by atoms with van der Waals surface area (Å²) in [4.78, 5) is 26.3. The van der Waals surface area contributed by atoms with E-state index >= 15 is 0 Å². The Morgan fingerprint density at radius 2 is 1.77 bits per heavy atom. The zero-order valence-corrected chi connectivity index (χ0v) is 24.6. The SMILES string of the molecule is COc1ccc(C2CCC(CN(C(=O)C3(O)CCCCC3)c3cc(-c4cnc(C5CC5)s4)ccn3)CC2)cc1C. The minimum atomic E-state index is -1.29. The van der Waals surface area contributed by atoms with Gasteiger partial charge in [0.05, 0.1) is 17.0 Å². The molecule has 7 heteroatoms. The molecule has 3 aliphatic carbocycles. The van der Waals surface area contributed by atoms with Gasteiger partial charge in [-0.3, -0.25) is 9.69 Å². The van der Waals surface area contributed by atoms with Crippen LogP contribution in [0.15, 0.2) is 42.7 Å². The van der Waals surface area contributed by atoms with Gasteiger partial charge in [0, 0.05) is 24.9 Å². The van der Waals surface area contributed by atoms with Gasteiger partial charge in [-0.05, 0) is 105 Å². The number of nitrogens with zero attached hydrogens (tertiary/aromatic N) is 3. The van der Waals surface area contributed by atoms with Crippen molar-refractivity contribution in [2.24, 2.45) is 5.92 Å². The first-order valence-corrected chi connectivity index (χ1v) is 15.9. The molecule has 1 amide bonds. The second-order valence-electron chi connectivity index (χ2n) is 12.2. The van der Waals surface area contributed by atoms with Crippen LogP contribution in [0.3, 0.4) is 0 Å². The molecule has 0 unspecified atom stereocenters. The van der Waals surface area contributed by atoms with Crippen molar-refractivity contribution >= 4 is 23.1 Å². The van der Waals surface area contributed by atoms with Gasteiger partial charge in [0.1, 0.15) is 17.2 Å². The number of carbonyl (C=O) groups is 1. The van der Waals surface area contributed by atoms with Crippen molar-refractivity contribution in [2.45, 2.75) is 95.0 Å². The molecule has 2 heterocycles. The largest absolute Gasteiger partial charge is 0.496 e. The van der Waals surface area contributed by atoms with Crippen molar-refractivity contribution < 1.29 is 14.6 Å². The van der Waals surface area contributed by atoms with E-state index in [0.717, 1.165) is 61.1 Å². The maximum Gasteiger partial charge on any atom is 0.260 e. The number of thiazole rings is 1. The fourth-order valence-corrected chi connectivity index (χ4v) is 7.72. The Hall–Kier alpha value is -2.77. The van der Waals surface area contributed by atoms with Crippen molar-refractivity contribution in [3.05, 3.63) is 58.9 Å². The van der Waals surface area contributed by atoms with Crippen LogP contribution in [0.25, 0.3) is 10.4 Å². The van der Waals surface area contributed by atoms with E-state index in [1.54, 1.807) is 24.6 Å². The molecule has 3 aromatic rings. The highest BCUT2D eigenvalue weighted by atomic mass is 32.1. The molecule has 3 aliphatic rings. The summed E-state index contributed by atoms with van der Waals surface area (Å²) in [6.07, 6.45) is 14.4. The van der Waals surface area contributed by atoms with Crippen LogP contribution < -0.4 is 9.64 Å². The number of amides is 1. The average Bonchev–Trinajstić information content (AvgIpc) is 3.72. The van der Waals surface area contributed by atoms with Gasteiger partial charge in [0.25, 0.3) is 5.91 Å². The Morgan fingerprint density at radius 1 is 1.02 bits per heavy atom. The number of rotatable bonds is 8. The summed E-state index contributed by atoms with van der Waals surface area (Å²) in [5.74, 6) is 2.94. The van der Waals surface area contributed by atoms with Crippen LogP contribution in [0, 0.1) is 12.8 Å². The summed E-state index contributed by atoms with van der Waals surface area (Å²) >= 11 is 1.75. The second kappa shape index (κ2) is 11.6. The lowest BCUT2D eigenvalue weighted by atomic mass is 9.78. The zero-order chi connectivity index (χ0) is 27.7. The van der Waals surface area contributed by atoms with Crippen molar-refractivity contribution in [2.75, 3.05) is 18.6 Å². The third-order valence-electron chi connectivity index (χ3n) is 9.26. The number of aromatic nitrogens is 2. The molecule has 0 aliphatic heterocycles. The van der Waals surface area contributed by atoms with Crippen molar-refractivity contribution in [1.29, 1.82) is 0 Å². The van der Waals surface area contributed by atoms with Gasteiger partial charge in [0.2, 0.25) is 0 Å². The molecule has 40 heavy (non-hydrogen) atoms. The highest BCUT2D eigenvalue weighted by Crippen LogP contribution is 2.44. The zero-order valence-electron chi connectivity index (χ0n) is 23.8. The van der Waals surface area contributed by atoms with E-state index in [2.05, 4.69) is 35.1 Å². The molecule has 0 saturated heterocycles. The van der Waals surface area contributed by atoms with Crippen LogP contribution in [-0.2, 0) is 4.79 Å². The Balaban J connectivity index is 1.21. The maximum absolute atomic E-state index is 14.0. The Morgan fingerprint density at radius 3 is 2.48 bits per heavy atom. The van der Waals surface area contributed by atoms with Gasteiger partial charge < -0.3 is 9.84 Å². The van der Waals surface area contributed by atoms with Crippen LogP contribution in [-0.4, -0.2) is 40.2 Å². The predicted molar refractivity (Wildman–Crippen MR) is 160 cm³/mol. The van der Waals surface area contributed by atoms with E-state index in [4.69, 9.17) is 4.74 Å². The molecular weight excluding hydrogens is 518 g/mol. The summed E-state index contributed by atoms with van der Waals surface area (Å²) in [6, 6.07) is 10.6. The maximum atomic E-state index is 14.0. The standard InChI is InChI=1S/C33H41N3O3S/c1-22-18-26(12-13-28(22)39-2)24-8-6-23(7-9-24)21-36(32(37)33(38)15-4-3-5-16-33)30-19-27(14-17-34-30)29-20-35-31(40-29)25-10-11-25/h12-14,17-20,23-25,38H,3-11,15-16,21H2,1-2H3. The summed E-state index contributed by atoms with van der Waals surface area (Å²) < 4.78 is 5.45. The number of pyridine rings is 1. The van der Waals surface area contributed by atoms with Crippen molar-refractivity contribution in [3.63, 3.8) is 0 Å². The Kier molecular flexibility index (Phi) is 7.95. The number of hydrogen-bond acceptors (Lipinski definition) is 6. The lowest BCUT2D eigenvalue weighted by Crippen LogP contribution is -2.52. The van der Waals surface area contributed by atoms with E-state index in [-0.39, 0.29) is 5.91 Å². The number of aryl methyl sites for hydroxylation is 1. The van der Waals surface area contributed by atoms with Crippen LogP contribution in [0.1, 0.15) is 98.6 Å². The van der Waals surface area contributed by atoms with Gasteiger partial charge in [0.15, 0.2) is 0 Å². The summed E-state index contributed by atoms with van der Waals surface area (Å²) in [6.45, 7) is 2.70. The molecular formula is C33H41N3O3S. The van der Waals surface area contributed by atoms with Crippen LogP contribution >= 0.6 is 11.3 Å². The number of methoxy groups -OCH3 is 1. The fraction of sp³-hybridized carbons (Fsp3) is 0.545. The summed E-state index contributed by atoms with van der Waals surface area (Å²) in [5, 5.41) is 12.7. The first kappa shape index (κ1) is 27.4. The van der Waals surface area contributed by atoms with Gasteiger partial charge in [-0.25, -0.2) is 9.97 Å². The molecule has 0 radical (unpaired) electrons. The fourth-order valence-electron chi connectivity index (χ4n) is 6.63. The smallest absolute Gasteiger partial charge is 0.260 e. The quantitative estimate of drug-likeness (QED) is 0.311. The van der Waals surface area contributed by atoms with Crippen molar-refractivity contribution in [3.8, 4) is 16.2 Å². The summed E-state index contributed by atoms with van der Waals surface area (Å²) in [5.41, 5.74) is 2.31. The molecule has 212 valence electrons. The van der Waals surface area contributed by atoms with Gasteiger partial charge in [-0.15, -0.1) is 11.3 Å². The van der Waals surface area contributed by atoms with E-state index in [1.807, 2.05) is 23.2 Å². The number of hydrogen-bond donors (Lipinski definition) is 1. The number of benzene rings is 1. The first-order chi connectivity index (χ1) is 19.4. The van der Waals surface area contributed by atoms with E-state index in [1.165, 1.54) is 29.0 Å². The third-order valence-corrected chi connectivity index (χ3v) is 10.5. The molecule has 0 spiro atoms. The molecule has 3 fully saturated rings. The number of carbonyl (C=O) groups excluding carboxylic acids is 1. The Bertz CT molecular complexity index is 1340. The Labute approximate surface area is 241 Å². The predicted octanol–water partition coefficient (Wildman–Crippen LogP) is 7.40. The number of anilines is 1. The monoisotopic (exact) mass is 559 g/mol. The molecule has 6 rings (SSSR count). The molecule has 6 nitrogen and oxygen atoms in total. The van der Waals surface area contributed by atoms with Crippen molar-refractivity contribution in [1.82, 2.24) is 9.97 Å². The first-order valence-electron chi connectivity index (χ1n) is 15.0. The van der Waals surface area contributed by atoms with E-state index < -0.39 is 5.60 Å². The minimum absolute atomic E-state index is 0.173. The molecule has 3 saturated carbocycles. The summed E-state index contributed by atoms with van der Waals surface area (Å²) in [7, 11) is 1.72. The molecule has 0 bridgehead atoms. The lowest BCUT2D eigenvalue weighted by Gasteiger charge is -2.38. The normalized spacial score (nSPS) is 22.6. The highest BCUT2D eigenvalue weighted by molar-refractivity contribution is 7.15. The average molecular weight is 560 g/mol. The topological polar surface area (TPSA) is 75.5 Å². The highest BCUT2D eigenvalue weighted by Gasteiger charge is 2.42.